The van der Waals surface area contributed by atoms with Crippen LogP contribution in [0.25, 0.3) is 0 Å². The van der Waals surface area contributed by atoms with Crippen molar-refractivity contribution in [3.63, 3.8) is 0 Å². The molecule has 1 aliphatic heterocycles. The van der Waals surface area contributed by atoms with Crippen molar-refractivity contribution in [3.05, 3.63) is 0 Å². The van der Waals surface area contributed by atoms with Gasteiger partial charge in [0.05, 0.1) is 19.1 Å². The third-order valence-corrected chi connectivity index (χ3v) is 3.80. The molecule has 5 heteroatoms. The number of hydrogen-bond acceptors (Lipinski definition) is 4. The number of ether oxygens (including phenoxy) is 1. The molecule has 1 amide bonds. The Labute approximate surface area is 102 Å². The van der Waals surface area contributed by atoms with Crippen molar-refractivity contribution in [1.29, 1.82) is 0 Å². The van der Waals surface area contributed by atoms with E-state index in [1.165, 1.54) is 6.42 Å². The van der Waals surface area contributed by atoms with Gasteiger partial charge in [0.25, 0.3) is 0 Å². The highest BCUT2D eigenvalue weighted by atomic mass is 16.5. The topological polar surface area (TPSA) is 75.8 Å². The van der Waals surface area contributed by atoms with Crippen LogP contribution in [0, 0.1) is 5.92 Å². The summed E-state index contributed by atoms with van der Waals surface area (Å²) in [7, 11) is 0. The molecule has 1 saturated carbocycles. The second-order valence-electron chi connectivity index (χ2n) is 5.00. The minimum Gasteiger partial charge on any atom is -0.396 e. The first kappa shape index (κ1) is 12.8. The van der Waals surface area contributed by atoms with Gasteiger partial charge in [0, 0.05) is 25.2 Å². The first-order chi connectivity index (χ1) is 8.24. The smallest absolute Gasteiger partial charge is 0.229 e. The first-order valence-corrected chi connectivity index (χ1v) is 6.48. The van der Waals surface area contributed by atoms with Gasteiger partial charge in [-0.15, -0.1) is 0 Å². The number of nitrogens with two attached hydrogens (primary N) is 1. The van der Waals surface area contributed by atoms with Crippen molar-refractivity contribution in [2.75, 3.05) is 26.4 Å². The molecule has 1 aliphatic carbocycles. The number of aliphatic hydroxyl groups is 1. The van der Waals surface area contributed by atoms with E-state index >= 15 is 0 Å². The van der Waals surface area contributed by atoms with Crippen molar-refractivity contribution in [1.82, 2.24) is 4.90 Å². The molecule has 2 aliphatic rings. The third kappa shape index (κ3) is 2.78. The first-order valence-electron chi connectivity index (χ1n) is 6.48. The second-order valence-corrected chi connectivity index (χ2v) is 5.00. The van der Waals surface area contributed by atoms with Gasteiger partial charge in [-0.1, -0.05) is 0 Å². The fraction of sp³-hybridized carbons (Fsp3) is 0.917. The van der Waals surface area contributed by atoms with E-state index in [-0.39, 0.29) is 24.5 Å². The third-order valence-electron chi connectivity index (χ3n) is 3.80. The number of hydrogen-bond donors (Lipinski definition) is 2. The minimum atomic E-state index is -0.186. The van der Waals surface area contributed by atoms with Crippen molar-refractivity contribution in [3.8, 4) is 0 Å². The molecule has 98 valence electrons. The van der Waals surface area contributed by atoms with E-state index in [0.717, 1.165) is 12.8 Å². The molecule has 0 radical (unpaired) electrons. The number of amides is 1. The molecule has 17 heavy (non-hydrogen) atoms. The molecule has 2 atom stereocenters. The lowest BCUT2D eigenvalue weighted by Gasteiger charge is -2.39. The molecule has 1 heterocycles. The second kappa shape index (κ2) is 5.80. The highest BCUT2D eigenvalue weighted by Gasteiger charge is 2.37. The Morgan fingerprint density at radius 1 is 1.41 bits per heavy atom. The zero-order chi connectivity index (χ0) is 12.3. The molecular weight excluding hydrogens is 220 g/mol. The predicted octanol–water partition coefficient (Wildman–Crippen LogP) is -0.276. The molecule has 0 spiro atoms. The zero-order valence-corrected chi connectivity index (χ0v) is 10.2. The van der Waals surface area contributed by atoms with Crippen molar-refractivity contribution in [2.45, 2.75) is 37.8 Å². The summed E-state index contributed by atoms with van der Waals surface area (Å²) in [5.74, 6) is -0.0672. The van der Waals surface area contributed by atoms with Gasteiger partial charge in [-0.05, 0) is 25.7 Å². The molecule has 0 aromatic rings. The van der Waals surface area contributed by atoms with Crippen molar-refractivity contribution in [2.24, 2.45) is 11.7 Å². The van der Waals surface area contributed by atoms with Crippen LogP contribution in [0.2, 0.25) is 0 Å². The van der Waals surface area contributed by atoms with Crippen LogP contribution in [0.3, 0.4) is 0 Å². The summed E-state index contributed by atoms with van der Waals surface area (Å²) in [5.41, 5.74) is 5.88. The molecule has 2 fully saturated rings. The Morgan fingerprint density at radius 3 is 2.65 bits per heavy atom. The van der Waals surface area contributed by atoms with E-state index in [9.17, 15) is 4.79 Å². The van der Waals surface area contributed by atoms with Crippen LogP contribution in [0.1, 0.15) is 25.7 Å². The largest absolute Gasteiger partial charge is 0.396 e. The number of nitrogens with zero attached hydrogens (tertiary/aromatic N) is 1. The van der Waals surface area contributed by atoms with Crippen LogP contribution in [0.15, 0.2) is 0 Å². The summed E-state index contributed by atoms with van der Waals surface area (Å²) in [5, 5.41) is 8.90. The lowest BCUT2D eigenvalue weighted by Crippen LogP contribution is -2.50. The Morgan fingerprint density at radius 2 is 2.18 bits per heavy atom. The van der Waals surface area contributed by atoms with Crippen molar-refractivity contribution < 1.29 is 14.6 Å². The maximum atomic E-state index is 12.4. The van der Waals surface area contributed by atoms with E-state index in [4.69, 9.17) is 15.6 Å². The van der Waals surface area contributed by atoms with Gasteiger partial charge in [0.15, 0.2) is 0 Å². The van der Waals surface area contributed by atoms with Gasteiger partial charge in [0.2, 0.25) is 5.91 Å². The Hall–Kier alpha value is -0.650. The maximum absolute atomic E-state index is 12.4. The van der Waals surface area contributed by atoms with E-state index in [1.807, 2.05) is 4.90 Å². The number of aliphatic hydroxyl groups excluding tert-OH is 1. The lowest BCUT2D eigenvalue weighted by molar-refractivity contribution is -0.140. The standard InChI is InChI=1S/C12H22N2O3/c13-11-8-17-7-10(11)12(16)14(5-2-6-15)9-3-1-4-9/h9-11,15H,1-8,13H2. The fourth-order valence-corrected chi connectivity index (χ4v) is 2.45. The molecule has 3 N–H and O–H groups in total. The number of carbonyl (C=O) groups excluding carboxylic acids is 1. The molecule has 2 unspecified atom stereocenters. The van der Waals surface area contributed by atoms with Gasteiger partial charge in [0.1, 0.15) is 0 Å². The Bertz CT molecular complexity index is 268. The Balaban J connectivity index is 1.95. The van der Waals surface area contributed by atoms with Gasteiger partial charge in [-0.2, -0.15) is 0 Å². The highest BCUT2D eigenvalue weighted by Crippen LogP contribution is 2.27. The normalized spacial score (nSPS) is 29.1. The van der Waals surface area contributed by atoms with Crippen LogP contribution < -0.4 is 5.73 Å². The van der Waals surface area contributed by atoms with E-state index in [1.54, 1.807) is 0 Å². The summed E-state index contributed by atoms with van der Waals surface area (Å²) in [4.78, 5) is 14.3. The number of rotatable bonds is 5. The average molecular weight is 242 g/mol. The Kier molecular flexibility index (Phi) is 4.36. The molecule has 0 aromatic heterocycles. The van der Waals surface area contributed by atoms with E-state index in [2.05, 4.69) is 0 Å². The van der Waals surface area contributed by atoms with Crippen LogP contribution in [0.5, 0.6) is 0 Å². The van der Waals surface area contributed by atoms with Crippen LogP contribution >= 0.6 is 0 Å². The van der Waals surface area contributed by atoms with Crippen LogP contribution in [-0.2, 0) is 9.53 Å². The summed E-state index contributed by atoms with van der Waals surface area (Å²) in [6.07, 6.45) is 4.01. The van der Waals surface area contributed by atoms with Gasteiger partial charge in [-0.3, -0.25) is 4.79 Å². The summed E-state index contributed by atoms with van der Waals surface area (Å²) < 4.78 is 5.25. The molecule has 1 saturated heterocycles. The van der Waals surface area contributed by atoms with Crippen LogP contribution in [0.4, 0.5) is 0 Å². The molecule has 0 aromatic carbocycles. The fourth-order valence-electron chi connectivity index (χ4n) is 2.45. The molecule has 0 bridgehead atoms. The quantitative estimate of drug-likeness (QED) is 0.695. The van der Waals surface area contributed by atoms with Crippen molar-refractivity contribution >= 4 is 5.91 Å². The SMILES string of the molecule is NC1COCC1C(=O)N(CCCO)C1CCC1. The highest BCUT2D eigenvalue weighted by molar-refractivity contribution is 5.80. The van der Waals surface area contributed by atoms with Gasteiger partial charge in [-0.25, -0.2) is 0 Å². The summed E-state index contributed by atoms with van der Waals surface area (Å²) in [6.45, 7) is 1.70. The van der Waals surface area contributed by atoms with Crippen LogP contribution in [-0.4, -0.2) is 54.4 Å². The lowest BCUT2D eigenvalue weighted by atomic mass is 9.89. The molecular formula is C12H22N2O3. The summed E-state index contributed by atoms with van der Waals surface area (Å²) in [6, 6.07) is 0.195. The molecule has 2 rings (SSSR count). The monoisotopic (exact) mass is 242 g/mol. The average Bonchev–Trinajstić information content (AvgIpc) is 2.67. The zero-order valence-electron chi connectivity index (χ0n) is 10.2. The summed E-state index contributed by atoms with van der Waals surface area (Å²) >= 11 is 0. The van der Waals surface area contributed by atoms with Gasteiger partial charge >= 0.3 is 0 Å². The number of carbonyl (C=O) groups is 1. The minimum absolute atomic E-state index is 0.119. The van der Waals surface area contributed by atoms with E-state index in [0.29, 0.717) is 32.2 Å². The maximum Gasteiger partial charge on any atom is 0.229 e. The molecule has 5 nitrogen and oxygen atoms in total. The van der Waals surface area contributed by atoms with Gasteiger partial charge < -0.3 is 20.5 Å². The predicted molar refractivity (Wildman–Crippen MR) is 63.3 cm³/mol. The van der Waals surface area contributed by atoms with E-state index < -0.39 is 0 Å².